The Balaban J connectivity index is 2.95. The number of nitrogens with one attached hydrogen (secondary N) is 2. The number of carbonyl (C=O) groups excluding carboxylic acids is 4. The normalized spacial score (nSPS) is 19.5. The third-order valence-corrected chi connectivity index (χ3v) is 6.01. The number of hydrogen-bond donors (Lipinski definition) is 5. The molecule has 1 aliphatic heterocycles. The molecule has 1 aliphatic rings. The van der Waals surface area contributed by atoms with Crippen LogP contribution in [0.3, 0.4) is 0 Å². The van der Waals surface area contributed by atoms with E-state index >= 15 is 0 Å². The van der Waals surface area contributed by atoms with Crippen LogP contribution in [-0.2, 0) is 24.0 Å². The highest BCUT2D eigenvalue weighted by molar-refractivity contribution is 5.94. The van der Waals surface area contributed by atoms with Gasteiger partial charge in [-0.25, -0.2) is 4.79 Å². The van der Waals surface area contributed by atoms with Crippen LogP contribution < -0.4 is 22.1 Å². The van der Waals surface area contributed by atoms with Gasteiger partial charge in [0.2, 0.25) is 23.6 Å². The summed E-state index contributed by atoms with van der Waals surface area (Å²) in [4.78, 5) is 62.6. The highest BCUT2D eigenvalue weighted by Gasteiger charge is 2.39. The number of nitrogens with two attached hydrogens (primary N) is 2. The van der Waals surface area contributed by atoms with Crippen molar-refractivity contribution < 1.29 is 29.1 Å². The minimum Gasteiger partial charge on any atom is -0.480 e. The van der Waals surface area contributed by atoms with E-state index in [1.807, 2.05) is 27.7 Å². The molecule has 0 saturated carbocycles. The SMILES string of the molecule is CCC(C)C(N)C(=O)NC(CC(C)C)C(=O)N1CCCC1C(=O)NC(CCC(N)=O)C(=O)O. The maximum Gasteiger partial charge on any atom is 0.326 e. The van der Waals surface area contributed by atoms with E-state index in [1.54, 1.807) is 0 Å². The van der Waals surface area contributed by atoms with Crippen molar-refractivity contribution in [3.05, 3.63) is 0 Å². The van der Waals surface area contributed by atoms with Crippen LogP contribution in [0.15, 0.2) is 0 Å². The first kappa shape index (κ1) is 28.3. The highest BCUT2D eigenvalue weighted by Crippen LogP contribution is 2.21. The van der Waals surface area contributed by atoms with Crippen molar-refractivity contribution in [1.82, 2.24) is 15.5 Å². The first-order valence-corrected chi connectivity index (χ1v) is 11.6. The fraction of sp³-hybridized carbons (Fsp3) is 0.773. The first-order valence-electron chi connectivity index (χ1n) is 11.6. The zero-order valence-corrected chi connectivity index (χ0v) is 20.0. The Hall–Kier alpha value is -2.69. The second kappa shape index (κ2) is 13.1. The molecule has 0 aromatic heterocycles. The maximum atomic E-state index is 13.3. The Morgan fingerprint density at radius 3 is 2.24 bits per heavy atom. The van der Waals surface area contributed by atoms with Gasteiger partial charge >= 0.3 is 5.97 Å². The van der Waals surface area contributed by atoms with Gasteiger partial charge in [0, 0.05) is 13.0 Å². The van der Waals surface area contributed by atoms with Crippen LogP contribution in [0, 0.1) is 11.8 Å². The molecule has 0 bridgehead atoms. The van der Waals surface area contributed by atoms with Gasteiger partial charge < -0.3 is 32.1 Å². The summed E-state index contributed by atoms with van der Waals surface area (Å²) in [5.41, 5.74) is 11.1. The number of aliphatic carboxylic acids is 1. The van der Waals surface area contributed by atoms with Crippen molar-refractivity contribution in [3.8, 4) is 0 Å². The topological polar surface area (TPSA) is 185 Å². The second-order valence-corrected chi connectivity index (χ2v) is 9.20. The first-order chi connectivity index (χ1) is 15.4. The molecule has 5 unspecified atom stereocenters. The summed E-state index contributed by atoms with van der Waals surface area (Å²) in [5, 5.41) is 14.5. The number of primary amides is 1. The molecular formula is C22H39N5O6. The van der Waals surface area contributed by atoms with E-state index in [1.165, 1.54) is 4.90 Å². The van der Waals surface area contributed by atoms with E-state index in [0.29, 0.717) is 32.2 Å². The van der Waals surface area contributed by atoms with Gasteiger partial charge in [-0.2, -0.15) is 0 Å². The molecule has 188 valence electrons. The van der Waals surface area contributed by atoms with Crippen molar-refractivity contribution >= 4 is 29.6 Å². The molecule has 11 heteroatoms. The van der Waals surface area contributed by atoms with E-state index in [2.05, 4.69) is 10.6 Å². The summed E-state index contributed by atoms with van der Waals surface area (Å²) >= 11 is 0. The lowest BCUT2D eigenvalue weighted by atomic mass is 9.97. The minimum absolute atomic E-state index is 0.0570. The van der Waals surface area contributed by atoms with Gasteiger partial charge in [-0.3, -0.25) is 19.2 Å². The monoisotopic (exact) mass is 469 g/mol. The summed E-state index contributed by atoms with van der Waals surface area (Å²) in [6.07, 6.45) is 1.69. The number of amides is 4. The van der Waals surface area contributed by atoms with Crippen LogP contribution in [0.5, 0.6) is 0 Å². The van der Waals surface area contributed by atoms with E-state index < -0.39 is 53.8 Å². The van der Waals surface area contributed by atoms with Crippen LogP contribution in [0.25, 0.3) is 0 Å². The Bertz CT molecular complexity index is 728. The molecule has 4 amide bonds. The van der Waals surface area contributed by atoms with Crippen molar-refractivity contribution in [3.63, 3.8) is 0 Å². The van der Waals surface area contributed by atoms with E-state index in [4.69, 9.17) is 11.5 Å². The molecule has 0 aliphatic carbocycles. The fourth-order valence-electron chi connectivity index (χ4n) is 3.79. The smallest absolute Gasteiger partial charge is 0.326 e. The molecule has 1 saturated heterocycles. The number of rotatable bonds is 13. The van der Waals surface area contributed by atoms with Crippen LogP contribution in [-0.4, -0.2) is 70.3 Å². The van der Waals surface area contributed by atoms with Crippen molar-refractivity contribution in [2.24, 2.45) is 23.3 Å². The third-order valence-electron chi connectivity index (χ3n) is 6.01. The molecular weight excluding hydrogens is 430 g/mol. The van der Waals surface area contributed by atoms with Crippen LogP contribution in [0.4, 0.5) is 0 Å². The van der Waals surface area contributed by atoms with Crippen LogP contribution in [0.1, 0.15) is 66.2 Å². The van der Waals surface area contributed by atoms with Gasteiger partial charge in [0.05, 0.1) is 6.04 Å². The predicted molar refractivity (Wildman–Crippen MR) is 122 cm³/mol. The Morgan fingerprint density at radius 1 is 1.09 bits per heavy atom. The van der Waals surface area contributed by atoms with E-state index in [9.17, 15) is 29.1 Å². The lowest BCUT2D eigenvalue weighted by Crippen LogP contribution is -2.57. The Labute approximate surface area is 195 Å². The molecule has 1 heterocycles. The molecule has 11 nitrogen and oxygen atoms in total. The van der Waals surface area contributed by atoms with Crippen molar-refractivity contribution in [2.45, 2.75) is 90.4 Å². The molecule has 5 atom stereocenters. The molecule has 7 N–H and O–H groups in total. The summed E-state index contributed by atoms with van der Waals surface area (Å²) < 4.78 is 0. The Morgan fingerprint density at radius 2 is 1.73 bits per heavy atom. The van der Waals surface area contributed by atoms with Gasteiger partial charge in [-0.05, 0) is 37.5 Å². The summed E-state index contributed by atoms with van der Waals surface area (Å²) in [7, 11) is 0. The van der Waals surface area contributed by atoms with Crippen molar-refractivity contribution in [1.29, 1.82) is 0 Å². The molecule has 0 aromatic rings. The number of carbonyl (C=O) groups is 5. The highest BCUT2D eigenvalue weighted by atomic mass is 16.4. The average Bonchev–Trinajstić information content (AvgIpc) is 3.23. The summed E-state index contributed by atoms with van der Waals surface area (Å²) in [5.74, 6) is -3.34. The van der Waals surface area contributed by atoms with Gasteiger partial charge in [-0.1, -0.05) is 34.1 Å². The minimum atomic E-state index is -1.29. The lowest BCUT2D eigenvalue weighted by Gasteiger charge is -2.31. The van der Waals surface area contributed by atoms with E-state index in [-0.39, 0.29) is 24.7 Å². The quantitative estimate of drug-likeness (QED) is 0.245. The number of carboxylic acids is 1. The molecule has 0 radical (unpaired) electrons. The standard InChI is InChI=1S/C22H39N5O6/c1-5-13(4)18(24)20(30)26-15(11-12(2)3)21(31)27-10-6-7-16(27)19(29)25-14(22(32)33)8-9-17(23)28/h12-16,18H,5-11,24H2,1-4H3,(H2,23,28)(H,25,29)(H,26,30)(H,32,33). The van der Waals surface area contributed by atoms with Gasteiger partial charge in [-0.15, -0.1) is 0 Å². The third kappa shape index (κ3) is 8.64. The maximum absolute atomic E-state index is 13.3. The fourth-order valence-corrected chi connectivity index (χ4v) is 3.79. The van der Waals surface area contributed by atoms with E-state index in [0.717, 1.165) is 0 Å². The summed E-state index contributed by atoms with van der Waals surface area (Å²) in [6, 6.07) is -3.74. The van der Waals surface area contributed by atoms with Gasteiger partial charge in [0.1, 0.15) is 18.1 Å². The Kier molecular flexibility index (Phi) is 11.3. The zero-order chi connectivity index (χ0) is 25.3. The summed E-state index contributed by atoms with van der Waals surface area (Å²) in [6.45, 7) is 7.95. The van der Waals surface area contributed by atoms with Crippen LogP contribution >= 0.6 is 0 Å². The predicted octanol–water partition coefficient (Wildman–Crippen LogP) is -0.283. The number of nitrogens with zero attached hydrogens (tertiary/aromatic N) is 1. The van der Waals surface area contributed by atoms with Crippen LogP contribution in [0.2, 0.25) is 0 Å². The van der Waals surface area contributed by atoms with Gasteiger partial charge in [0.15, 0.2) is 0 Å². The largest absolute Gasteiger partial charge is 0.480 e. The lowest BCUT2D eigenvalue weighted by molar-refractivity contribution is -0.145. The zero-order valence-electron chi connectivity index (χ0n) is 20.0. The molecule has 0 aromatic carbocycles. The number of likely N-dealkylation sites (tertiary alicyclic amines) is 1. The molecule has 1 rings (SSSR count). The number of carboxylic acid groups (broad SMARTS) is 1. The van der Waals surface area contributed by atoms with Crippen molar-refractivity contribution in [2.75, 3.05) is 6.54 Å². The molecule has 0 spiro atoms. The second-order valence-electron chi connectivity index (χ2n) is 9.20. The molecule has 1 fully saturated rings. The average molecular weight is 470 g/mol. The molecule has 33 heavy (non-hydrogen) atoms. The van der Waals surface area contributed by atoms with Gasteiger partial charge in [0.25, 0.3) is 0 Å². The number of hydrogen-bond acceptors (Lipinski definition) is 6.